The lowest BCUT2D eigenvalue weighted by Crippen LogP contribution is -2.17. The van der Waals surface area contributed by atoms with Crippen LogP contribution in [0.25, 0.3) is 0 Å². The summed E-state index contributed by atoms with van der Waals surface area (Å²) in [6.07, 6.45) is 0.655. The molecular formula is C10H14BNO3P. The van der Waals surface area contributed by atoms with Gasteiger partial charge in [-0.15, -0.1) is 0 Å². The van der Waals surface area contributed by atoms with Crippen LogP contribution >= 0.6 is 7.40 Å². The van der Waals surface area contributed by atoms with Crippen LogP contribution in [0.4, 0.5) is 0 Å². The SMILES string of the molecule is C[B]P(=O)(NCC=O)OCc1ccccc1. The van der Waals surface area contributed by atoms with Crippen LogP contribution in [0.15, 0.2) is 30.3 Å². The van der Waals surface area contributed by atoms with Gasteiger partial charge in [0.05, 0.1) is 13.2 Å². The molecule has 1 atom stereocenters. The fourth-order valence-electron chi connectivity index (χ4n) is 1.12. The Balaban J connectivity index is 2.51. The summed E-state index contributed by atoms with van der Waals surface area (Å²) in [7, 11) is -2.99. The lowest BCUT2D eigenvalue weighted by molar-refractivity contribution is -0.106. The molecule has 1 rings (SSSR count). The number of carbonyl (C=O) groups excluding carboxylic acids is 1. The molecule has 0 aliphatic heterocycles. The summed E-state index contributed by atoms with van der Waals surface area (Å²) in [6, 6.07) is 9.45. The molecule has 1 unspecified atom stereocenters. The van der Waals surface area contributed by atoms with Crippen molar-refractivity contribution >= 4 is 20.7 Å². The van der Waals surface area contributed by atoms with E-state index in [-0.39, 0.29) is 13.2 Å². The van der Waals surface area contributed by atoms with Crippen molar-refractivity contribution in [3.63, 3.8) is 0 Å². The monoisotopic (exact) mass is 238 g/mol. The van der Waals surface area contributed by atoms with Gasteiger partial charge in [0.2, 0.25) is 7.40 Å². The summed E-state index contributed by atoms with van der Waals surface area (Å²) in [6.45, 7) is 3.38. The highest BCUT2D eigenvalue weighted by Crippen LogP contribution is 2.40. The first-order valence-corrected chi connectivity index (χ1v) is 6.67. The highest BCUT2D eigenvalue weighted by atomic mass is 31.2. The molecule has 0 bridgehead atoms. The second-order valence-electron chi connectivity index (χ2n) is 3.14. The van der Waals surface area contributed by atoms with E-state index in [1.165, 1.54) is 7.00 Å². The predicted octanol–water partition coefficient (Wildman–Crippen LogP) is 1.85. The van der Waals surface area contributed by atoms with Gasteiger partial charge in [0, 0.05) is 0 Å². The van der Waals surface area contributed by atoms with Crippen LogP contribution in [-0.2, 0) is 20.5 Å². The van der Waals surface area contributed by atoms with E-state index in [0.717, 1.165) is 5.56 Å². The highest BCUT2D eigenvalue weighted by molar-refractivity contribution is 7.85. The normalized spacial score (nSPS) is 14.1. The van der Waals surface area contributed by atoms with Crippen LogP contribution in [0, 0.1) is 0 Å². The Morgan fingerprint density at radius 1 is 1.44 bits per heavy atom. The highest BCUT2D eigenvalue weighted by Gasteiger charge is 2.20. The lowest BCUT2D eigenvalue weighted by Gasteiger charge is -2.16. The fourth-order valence-corrected chi connectivity index (χ4v) is 2.21. The van der Waals surface area contributed by atoms with E-state index in [2.05, 4.69) is 5.09 Å². The minimum Gasteiger partial charge on any atom is -0.320 e. The first kappa shape index (κ1) is 13.2. The van der Waals surface area contributed by atoms with Gasteiger partial charge < -0.3 is 9.32 Å². The van der Waals surface area contributed by atoms with Crippen LogP contribution in [0.3, 0.4) is 0 Å². The Kier molecular flexibility index (Phi) is 5.46. The summed E-state index contributed by atoms with van der Waals surface area (Å²) in [5, 5.41) is 2.58. The van der Waals surface area contributed by atoms with Crippen molar-refractivity contribution in [2.75, 3.05) is 6.54 Å². The van der Waals surface area contributed by atoms with Gasteiger partial charge in [-0.1, -0.05) is 37.2 Å². The predicted molar refractivity (Wildman–Crippen MR) is 64.5 cm³/mol. The van der Waals surface area contributed by atoms with Crippen molar-refractivity contribution < 1.29 is 13.9 Å². The van der Waals surface area contributed by atoms with Crippen LogP contribution < -0.4 is 5.09 Å². The summed E-state index contributed by atoms with van der Waals surface area (Å²) in [4.78, 5) is 10.2. The third-order valence-electron chi connectivity index (χ3n) is 2.00. The van der Waals surface area contributed by atoms with Crippen molar-refractivity contribution in [1.29, 1.82) is 0 Å². The Morgan fingerprint density at radius 2 is 2.12 bits per heavy atom. The van der Waals surface area contributed by atoms with Crippen molar-refractivity contribution in [3.8, 4) is 0 Å². The van der Waals surface area contributed by atoms with E-state index in [0.29, 0.717) is 6.29 Å². The first-order valence-electron chi connectivity index (χ1n) is 4.97. The number of hydrogen-bond donors (Lipinski definition) is 1. The average Bonchev–Trinajstić information content (AvgIpc) is 2.35. The molecule has 0 heterocycles. The molecule has 0 saturated heterocycles. The Labute approximate surface area is 96.1 Å². The van der Waals surface area contributed by atoms with Crippen LogP contribution in [0.1, 0.15) is 5.56 Å². The number of benzene rings is 1. The molecule has 1 N–H and O–H groups in total. The molecule has 6 heteroatoms. The molecular weight excluding hydrogens is 224 g/mol. The van der Waals surface area contributed by atoms with E-state index in [1.807, 2.05) is 30.3 Å². The zero-order valence-corrected chi connectivity index (χ0v) is 10.0. The maximum absolute atomic E-state index is 12.0. The van der Waals surface area contributed by atoms with Gasteiger partial charge in [0.1, 0.15) is 6.29 Å². The van der Waals surface area contributed by atoms with Crippen LogP contribution in [0.2, 0.25) is 6.82 Å². The zero-order chi connectivity index (χ0) is 11.9. The van der Waals surface area contributed by atoms with Crippen molar-refractivity contribution in [1.82, 2.24) is 5.09 Å². The zero-order valence-electron chi connectivity index (χ0n) is 9.13. The number of carbonyl (C=O) groups is 1. The summed E-state index contributed by atoms with van der Waals surface area (Å²) in [5.41, 5.74) is 0.942. The molecule has 0 saturated carbocycles. The molecule has 0 amide bonds. The minimum absolute atomic E-state index is 0.0242. The number of rotatable bonds is 7. The van der Waals surface area contributed by atoms with E-state index in [4.69, 9.17) is 4.52 Å². The Morgan fingerprint density at radius 3 is 2.69 bits per heavy atom. The van der Waals surface area contributed by atoms with Gasteiger partial charge in [-0.3, -0.25) is 4.57 Å². The lowest BCUT2D eigenvalue weighted by atomic mass is 10.2. The van der Waals surface area contributed by atoms with Gasteiger partial charge in [-0.05, 0) is 5.56 Å². The minimum atomic E-state index is -2.99. The van der Waals surface area contributed by atoms with Gasteiger partial charge in [-0.25, -0.2) is 5.09 Å². The maximum atomic E-state index is 12.0. The second-order valence-corrected chi connectivity index (χ2v) is 5.43. The molecule has 1 aromatic carbocycles. The molecule has 1 radical (unpaired) electrons. The van der Waals surface area contributed by atoms with Crippen molar-refractivity contribution in [3.05, 3.63) is 35.9 Å². The second kappa shape index (κ2) is 6.64. The smallest absolute Gasteiger partial charge is 0.251 e. The largest absolute Gasteiger partial charge is 0.320 e. The number of aldehydes is 1. The summed E-state index contributed by atoms with van der Waals surface area (Å²) >= 11 is 0. The quantitative estimate of drug-likeness (QED) is 0.447. The fraction of sp³-hybridized carbons (Fsp3) is 0.300. The maximum Gasteiger partial charge on any atom is 0.251 e. The topological polar surface area (TPSA) is 55.4 Å². The van der Waals surface area contributed by atoms with Crippen molar-refractivity contribution in [2.24, 2.45) is 0 Å². The number of hydrogen-bond acceptors (Lipinski definition) is 3. The third kappa shape index (κ3) is 4.31. The van der Waals surface area contributed by atoms with Gasteiger partial charge in [0.15, 0.2) is 0 Å². The van der Waals surface area contributed by atoms with E-state index in [9.17, 15) is 9.36 Å². The van der Waals surface area contributed by atoms with Gasteiger partial charge in [0.25, 0.3) is 7.00 Å². The van der Waals surface area contributed by atoms with Gasteiger partial charge in [-0.2, -0.15) is 0 Å². The van der Waals surface area contributed by atoms with Crippen molar-refractivity contribution in [2.45, 2.75) is 13.4 Å². The Hall–Kier alpha value is -0.895. The van der Waals surface area contributed by atoms with Gasteiger partial charge >= 0.3 is 0 Å². The molecule has 0 aliphatic carbocycles. The standard InChI is InChI=1S/C10H14BNO3P/c1-11-16(14,12-7-8-13)15-9-10-5-3-2-4-6-10/h2-6,8H,7,9H2,1H3,(H,12,14). The van der Waals surface area contributed by atoms with Crippen LogP contribution in [0.5, 0.6) is 0 Å². The van der Waals surface area contributed by atoms with E-state index >= 15 is 0 Å². The molecule has 85 valence electrons. The Bertz CT molecular complexity index is 372. The molecule has 0 spiro atoms. The van der Waals surface area contributed by atoms with Crippen LogP contribution in [-0.4, -0.2) is 19.8 Å². The molecule has 0 aliphatic rings. The average molecular weight is 238 g/mol. The molecule has 0 fully saturated rings. The van der Waals surface area contributed by atoms with E-state index in [1.54, 1.807) is 6.82 Å². The first-order chi connectivity index (χ1) is 7.70. The molecule has 4 nitrogen and oxygen atoms in total. The molecule has 1 aromatic rings. The third-order valence-corrected chi connectivity index (χ3v) is 3.82. The molecule has 0 aromatic heterocycles. The number of nitrogens with one attached hydrogen (secondary N) is 1. The molecule has 16 heavy (non-hydrogen) atoms. The summed E-state index contributed by atoms with van der Waals surface area (Å²) in [5.74, 6) is 0. The summed E-state index contributed by atoms with van der Waals surface area (Å²) < 4.78 is 17.3. The van der Waals surface area contributed by atoms with E-state index < -0.39 is 7.40 Å².